The van der Waals surface area contributed by atoms with E-state index in [9.17, 15) is 0 Å². The van der Waals surface area contributed by atoms with Gasteiger partial charge in [0.05, 0.1) is 19.3 Å². The molecule has 0 aliphatic carbocycles. The summed E-state index contributed by atoms with van der Waals surface area (Å²) < 4.78 is 8.17. The maximum Gasteiger partial charge on any atom is 0.119 e. The van der Waals surface area contributed by atoms with Gasteiger partial charge >= 0.3 is 0 Å². The van der Waals surface area contributed by atoms with Crippen LogP contribution in [0.5, 0.6) is 5.75 Å². The van der Waals surface area contributed by atoms with Crippen LogP contribution in [0.3, 0.4) is 0 Å². The lowest BCUT2D eigenvalue weighted by Gasteiger charge is -2.07. The molecular weight excluding hydrogens is 294 g/mol. The first-order valence-electron chi connectivity index (χ1n) is 5.69. The van der Waals surface area contributed by atoms with E-state index in [0.29, 0.717) is 13.1 Å². The maximum atomic E-state index is 5.65. The van der Waals surface area contributed by atoms with Crippen LogP contribution in [0.1, 0.15) is 16.8 Å². The minimum absolute atomic E-state index is 0.519. The first-order chi connectivity index (χ1) is 8.63. The molecular formula is C13H16BrN3O. The van der Waals surface area contributed by atoms with Crippen LogP contribution in [0.15, 0.2) is 28.9 Å². The second-order valence-electron chi connectivity index (χ2n) is 4.10. The van der Waals surface area contributed by atoms with Crippen molar-refractivity contribution in [3.63, 3.8) is 0 Å². The van der Waals surface area contributed by atoms with Gasteiger partial charge in [-0.15, -0.1) is 0 Å². The molecule has 0 unspecified atom stereocenters. The predicted octanol–water partition coefficient (Wildman–Crippen LogP) is 2.47. The third kappa shape index (κ3) is 2.73. The van der Waals surface area contributed by atoms with E-state index in [4.69, 9.17) is 10.5 Å². The van der Waals surface area contributed by atoms with Crippen molar-refractivity contribution >= 4 is 15.9 Å². The van der Waals surface area contributed by atoms with Gasteiger partial charge in [-0.3, -0.25) is 4.68 Å². The number of ether oxygens (including phenoxy) is 1. The summed E-state index contributed by atoms with van der Waals surface area (Å²) in [5.74, 6) is 0.844. The van der Waals surface area contributed by atoms with Crippen molar-refractivity contribution in [2.75, 3.05) is 7.11 Å². The zero-order chi connectivity index (χ0) is 13.1. The molecule has 2 aromatic rings. The van der Waals surface area contributed by atoms with Crippen molar-refractivity contribution in [3.05, 3.63) is 45.7 Å². The Hall–Kier alpha value is -1.33. The lowest BCUT2D eigenvalue weighted by atomic mass is 10.2. The van der Waals surface area contributed by atoms with E-state index in [1.165, 1.54) is 0 Å². The molecule has 0 atom stereocenters. The number of methoxy groups -OCH3 is 1. The predicted molar refractivity (Wildman–Crippen MR) is 74.7 cm³/mol. The van der Waals surface area contributed by atoms with Crippen LogP contribution in [-0.2, 0) is 13.1 Å². The molecule has 0 spiro atoms. The lowest BCUT2D eigenvalue weighted by Crippen LogP contribution is -2.01. The molecule has 5 heteroatoms. The van der Waals surface area contributed by atoms with Gasteiger partial charge in [-0.1, -0.05) is 15.9 Å². The highest BCUT2D eigenvalue weighted by Crippen LogP contribution is 2.23. The molecule has 1 heterocycles. The van der Waals surface area contributed by atoms with Gasteiger partial charge in [0.15, 0.2) is 0 Å². The first kappa shape index (κ1) is 13.1. The fraction of sp³-hybridized carbons (Fsp3) is 0.308. The van der Waals surface area contributed by atoms with Gasteiger partial charge in [-0.05, 0) is 30.7 Å². The maximum absolute atomic E-state index is 5.65. The summed E-state index contributed by atoms with van der Waals surface area (Å²) >= 11 is 3.54. The van der Waals surface area contributed by atoms with Crippen LogP contribution in [0.2, 0.25) is 0 Å². The van der Waals surface area contributed by atoms with Crippen LogP contribution < -0.4 is 10.5 Å². The summed E-state index contributed by atoms with van der Waals surface area (Å²) in [5, 5.41) is 4.45. The lowest BCUT2D eigenvalue weighted by molar-refractivity contribution is 0.414. The molecule has 4 nitrogen and oxygen atoms in total. The van der Waals surface area contributed by atoms with E-state index in [1.807, 2.05) is 36.0 Å². The second-order valence-corrected chi connectivity index (χ2v) is 4.95. The Morgan fingerprint density at radius 3 is 2.78 bits per heavy atom. The third-order valence-corrected chi connectivity index (χ3v) is 3.63. The van der Waals surface area contributed by atoms with Gasteiger partial charge in [-0.2, -0.15) is 5.10 Å². The molecule has 1 aromatic heterocycles. The van der Waals surface area contributed by atoms with Crippen molar-refractivity contribution in [3.8, 4) is 5.75 Å². The standard InChI is InChI=1S/C13H16BrN3O/c1-9-11(6-15)8-17(16-9)7-10-5-12(18-2)3-4-13(10)14/h3-5,8H,6-7,15H2,1-2H3. The number of nitrogens with zero attached hydrogens (tertiary/aromatic N) is 2. The van der Waals surface area contributed by atoms with E-state index in [1.54, 1.807) is 7.11 Å². The summed E-state index contributed by atoms with van der Waals surface area (Å²) in [6.07, 6.45) is 1.99. The Morgan fingerprint density at radius 2 is 2.17 bits per heavy atom. The molecule has 0 saturated carbocycles. The Balaban J connectivity index is 2.27. The Labute approximate surface area is 115 Å². The average Bonchev–Trinajstić information content (AvgIpc) is 2.72. The van der Waals surface area contributed by atoms with E-state index >= 15 is 0 Å². The fourth-order valence-corrected chi connectivity index (χ4v) is 2.19. The van der Waals surface area contributed by atoms with Gasteiger partial charge in [0.1, 0.15) is 5.75 Å². The number of hydrogen-bond acceptors (Lipinski definition) is 3. The van der Waals surface area contributed by atoms with Crippen molar-refractivity contribution < 1.29 is 4.74 Å². The van der Waals surface area contributed by atoms with Gasteiger partial charge in [0.2, 0.25) is 0 Å². The van der Waals surface area contributed by atoms with Crippen molar-refractivity contribution in [2.45, 2.75) is 20.0 Å². The van der Waals surface area contributed by atoms with E-state index in [2.05, 4.69) is 21.0 Å². The molecule has 0 aliphatic heterocycles. The number of benzene rings is 1. The molecule has 18 heavy (non-hydrogen) atoms. The third-order valence-electron chi connectivity index (χ3n) is 2.85. The summed E-state index contributed by atoms with van der Waals surface area (Å²) in [5.41, 5.74) is 8.84. The quantitative estimate of drug-likeness (QED) is 0.944. The topological polar surface area (TPSA) is 53.1 Å². The zero-order valence-corrected chi connectivity index (χ0v) is 12.1. The smallest absolute Gasteiger partial charge is 0.119 e. The molecule has 0 aliphatic rings. The highest BCUT2D eigenvalue weighted by molar-refractivity contribution is 9.10. The molecule has 0 fully saturated rings. The molecule has 2 N–H and O–H groups in total. The second kappa shape index (κ2) is 5.54. The van der Waals surface area contributed by atoms with Crippen LogP contribution >= 0.6 is 15.9 Å². The number of aryl methyl sites for hydroxylation is 1. The number of aromatic nitrogens is 2. The van der Waals surface area contributed by atoms with Crippen LogP contribution in [0.25, 0.3) is 0 Å². The number of hydrogen-bond donors (Lipinski definition) is 1. The molecule has 96 valence electrons. The fourth-order valence-electron chi connectivity index (χ4n) is 1.81. The Bertz CT molecular complexity index is 551. The van der Waals surface area contributed by atoms with Gasteiger partial charge in [-0.25, -0.2) is 0 Å². The van der Waals surface area contributed by atoms with Crippen molar-refractivity contribution in [2.24, 2.45) is 5.73 Å². The van der Waals surface area contributed by atoms with Gasteiger partial charge < -0.3 is 10.5 Å². The van der Waals surface area contributed by atoms with Crippen LogP contribution in [0, 0.1) is 6.92 Å². The number of rotatable bonds is 4. The van der Waals surface area contributed by atoms with Gasteiger partial charge in [0.25, 0.3) is 0 Å². The van der Waals surface area contributed by atoms with Crippen LogP contribution in [-0.4, -0.2) is 16.9 Å². The van der Waals surface area contributed by atoms with Crippen molar-refractivity contribution in [1.29, 1.82) is 0 Å². The molecule has 0 amide bonds. The van der Waals surface area contributed by atoms with E-state index < -0.39 is 0 Å². The highest BCUT2D eigenvalue weighted by Gasteiger charge is 2.07. The van der Waals surface area contributed by atoms with Crippen LogP contribution in [0.4, 0.5) is 0 Å². The largest absolute Gasteiger partial charge is 0.497 e. The summed E-state index contributed by atoms with van der Waals surface area (Å²) in [6, 6.07) is 5.91. The summed E-state index contributed by atoms with van der Waals surface area (Å²) in [6.45, 7) is 3.18. The monoisotopic (exact) mass is 309 g/mol. The Kier molecular flexibility index (Phi) is 4.04. The molecule has 0 radical (unpaired) electrons. The first-order valence-corrected chi connectivity index (χ1v) is 6.48. The summed E-state index contributed by atoms with van der Waals surface area (Å²) in [7, 11) is 1.66. The van der Waals surface area contributed by atoms with E-state index in [0.717, 1.165) is 27.0 Å². The Morgan fingerprint density at radius 1 is 1.39 bits per heavy atom. The number of nitrogens with two attached hydrogens (primary N) is 1. The number of halogens is 1. The molecule has 0 saturated heterocycles. The summed E-state index contributed by atoms with van der Waals surface area (Å²) in [4.78, 5) is 0. The minimum Gasteiger partial charge on any atom is -0.497 e. The highest BCUT2D eigenvalue weighted by atomic mass is 79.9. The zero-order valence-electron chi connectivity index (χ0n) is 10.5. The molecule has 1 aromatic carbocycles. The molecule has 0 bridgehead atoms. The van der Waals surface area contributed by atoms with E-state index in [-0.39, 0.29) is 0 Å². The molecule has 2 rings (SSSR count). The normalized spacial score (nSPS) is 10.7. The van der Waals surface area contributed by atoms with Crippen molar-refractivity contribution in [1.82, 2.24) is 9.78 Å². The minimum atomic E-state index is 0.519. The van der Waals surface area contributed by atoms with Gasteiger partial charge in [0, 0.05) is 22.8 Å². The SMILES string of the molecule is COc1ccc(Br)c(Cn2cc(CN)c(C)n2)c1. The average molecular weight is 310 g/mol.